The molecule has 0 aliphatic heterocycles. The summed E-state index contributed by atoms with van der Waals surface area (Å²) in [5.74, 6) is 0.643. The number of hydrogen-bond donors (Lipinski definition) is 0. The van der Waals surface area contributed by atoms with Gasteiger partial charge in [0.25, 0.3) is 8.32 Å². The average Bonchev–Trinajstić information content (AvgIpc) is 2.23. The highest BCUT2D eigenvalue weighted by Crippen LogP contribution is 2.40. The molecular formula is C14H21ClO2Si. The molecule has 0 radical (unpaired) electrons. The monoisotopic (exact) mass is 284 g/mol. The second-order valence-electron chi connectivity index (χ2n) is 6.07. The van der Waals surface area contributed by atoms with Crippen molar-refractivity contribution in [3.8, 4) is 5.75 Å². The molecule has 1 aromatic rings. The van der Waals surface area contributed by atoms with Crippen molar-refractivity contribution < 1.29 is 9.22 Å². The Morgan fingerprint density at radius 1 is 1.28 bits per heavy atom. The van der Waals surface area contributed by atoms with Gasteiger partial charge >= 0.3 is 0 Å². The van der Waals surface area contributed by atoms with Crippen LogP contribution in [0.1, 0.15) is 36.7 Å². The van der Waals surface area contributed by atoms with E-state index in [0.717, 1.165) is 11.8 Å². The molecule has 100 valence electrons. The van der Waals surface area contributed by atoms with Crippen LogP contribution in [0.4, 0.5) is 0 Å². The van der Waals surface area contributed by atoms with Crippen molar-refractivity contribution >= 4 is 26.2 Å². The molecule has 1 aromatic carbocycles. The lowest BCUT2D eigenvalue weighted by Gasteiger charge is -2.37. The van der Waals surface area contributed by atoms with Gasteiger partial charge < -0.3 is 4.43 Å². The van der Waals surface area contributed by atoms with Gasteiger partial charge in [-0.05, 0) is 37.2 Å². The maximum atomic E-state index is 11.1. The van der Waals surface area contributed by atoms with E-state index in [-0.39, 0.29) is 5.04 Å². The first-order chi connectivity index (χ1) is 8.10. The van der Waals surface area contributed by atoms with E-state index in [9.17, 15) is 4.79 Å². The molecule has 0 aliphatic rings. The Labute approximate surface area is 115 Å². The van der Waals surface area contributed by atoms with Gasteiger partial charge in [-0.3, -0.25) is 4.79 Å². The highest BCUT2D eigenvalue weighted by Gasteiger charge is 2.39. The zero-order valence-electron chi connectivity index (χ0n) is 11.9. The molecule has 0 unspecified atom stereocenters. The van der Waals surface area contributed by atoms with Crippen molar-refractivity contribution in [2.75, 3.05) is 0 Å². The van der Waals surface area contributed by atoms with Gasteiger partial charge in [-0.15, -0.1) is 0 Å². The number of carbonyl (C=O) groups is 1. The summed E-state index contributed by atoms with van der Waals surface area (Å²) < 4.78 is 6.22. The second-order valence-corrected chi connectivity index (χ2v) is 11.2. The van der Waals surface area contributed by atoms with Crippen LogP contribution in [0, 0.1) is 6.92 Å². The average molecular weight is 285 g/mol. The van der Waals surface area contributed by atoms with Gasteiger partial charge in [0.15, 0.2) is 6.29 Å². The summed E-state index contributed by atoms with van der Waals surface area (Å²) >= 11 is 6.11. The van der Waals surface area contributed by atoms with Gasteiger partial charge in [0.1, 0.15) is 5.75 Å². The molecule has 0 bridgehead atoms. The first-order valence-corrected chi connectivity index (χ1v) is 9.32. The normalized spacial score (nSPS) is 12.4. The quantitative estimate of drug-likeness (QED) is 0.586. The highest BCUT2D eigenvalue weighted by molar-refractivity contribution is 6.74. The van der Waals surface area contributed by atoms with Crippen molar-refractivity contribution in [1.82, 2.24) is 0 Å². The largest absolute Gasteiger partial charge is 0.543 e. The maximum Gasteiger partial charge on any atom is 0.250 e. The van der Waals surface area contributed by atoms with Crippen LogP contribution in [0.3, 0.4) is 0 Å². The molecule has 0 saturated carbocycles. The lowest BCUT2D eigenvalue weighted by molar-refractivity contribution is 0.112. The highest BCUT2D eigenvalue weighted by atomic mass is 35.5. The minimum atomic E-state index is -1.97. The Balaban J connectivity index is 3.26. The summed E-state index contributed by atoms with van der Waals surface area (Å²) in [6.07, 6.45) is 0.825. The van der Waals surface area contributed by atoms with Crippen LogP contribution in [-0.2, 0) is 0 Å². The van der Waals surface area contributed by atoms with E-state index >= 15 is 0 Å². The van der Waals surface area contributed by atoms with Gasteiger partial charge in [0.2, 0.25) is 0 Å². The molecule has 0 saturated heterocycles. The number of halogens is 1. The van der Waals surface area contributed by atoms with Gasteiger partial charge in [0, 0.05) is 10.6 Å². The molecule has 0 aromatic heterocycles. The lowest BCUT2D eigenvalue weighted by Crippen LogP contribution is -2.44. The SMILES string of the molecule is Cc1c(Cl)ccc(C=O)c1O[Si](C)(C)C(C)(C)C. The van der Waals surface area contributed by atoms with Crippen molar-refractivity contribution in [2.24, 2.45) is 0 Å². The summed E-state index contributed by atoms with van der Waals surface area (Å²) in [5.41, 5.74) is 1.41. The number of carbonyl (C=O) groups excluding carboxylic acids is 1. The molecule has 0 aliphatic carbocycles. The van der Waals surface area contributed by atoms with E-state index < -0.39 is 8.32 Å². The van der Waals surface area contributed by atoms with Crippen LogP contribution >= 0.6 is 11.6 Å². The lowest BCUT2D eigenvalue weighted by atomic mass is 10.1. The van der Waals surface area contributed by atoms with Crippen molar-refractivity contribution in [1.29, 1.82) is 0 Å². The Morgan fingerprint density at radius 3 is 2.28 bits per heavy atom. The van der Waals surface area contributed by atoms with Gasteiger partial charge in [-0.25, -0.2) is 0 Å². The molecule has 0 atom stereocenters. The third-order valence-corrected chi connectivity index (χ3v) is 8.40. The van der Waals surface area contributed by atoms with Crippen LogP contribution < -0.4 is 4.43 Å². The van der Waals surface area contributed by atoms with Crippen LogP contribution in [0.15, 0.2) is 12.1 Å². The Hall–Kier alpha value is -0.803. The third-order valence-electron chi connectivity index (χ3n) is 3.66. The van der Waals surface area contributed by atoms with Gasteiger partial charge in [0.05, 0.1) is 5.56 Å². The van der Waals surface area contributed by atoms with E-state index in [0.29, 0.717) is 16.3 Å². The van der Waals surface area contributed by atoms with Crippen LogP contribution in [0.2, 0.25) is 23.2 Å². The molecule has 4 heteroatoms. The number of rotatable bonds is 3. The molecule has 18 heavy (non-hydrogen) atoms. The van der Waals surface area contributed by atoms with Crippen molar-refractivity contribution in [2.45, 2.75) is 45.8 Å². The fourth-order valence-electron chi connectivity index (χ4n) is 1.33. The summed E-state index contributed by atoms with van der Waals surface area (Å²) in [6, 6.07) is 3.45. The molecule has 0 fully saturated rings. The molecule has 0 N–H and O–H groups in total. The van der Waals surface area contributed by atoms with Crippen LogP contribution in [0.5, 0.6) is 5.75 Å². The molecule has 0 amide bonds. The smallest absolute Gasteiger partial charge is 0.250 e. The summed E-state index contributed by atoms with van der Waals surface area (Å²) in [5, 5.41) is 0.719. The molecular weight excluding hydrogens is 264 g/mol. The van der Waals surface area contributed by atoms with E-state index in [1.54, 1.807) is 12.1 Å². The molecule has 1 rings (SSSR count). The van der Waals surface area contributed by atoms with E-state index in [4.69, 9.17) is 16.0 Å². The Morgan fingerprint density at radius 2 is 1.83 bits per heavy atom. The Kier molecular flexibility index (Phi) is 4.29. The fourth-order valence-corrected chi connectivity index (χ4v) is 2.56. The molecule has 0 spiro atoms. The van der Waals surface area contributed by atoms with Crippen molar-refractivity contribution in [3.05, 3.63) is 28.3 Å². The fraction of sp³-hybridized carbons (Fsp3) is 0.500. The van der Waals surface area contributed by atoms with E-state index in [1.165, 1.54) is 0 Å². The zero-order valence-corrected chi connectivity index (χ0v) is 13.7. The number of aldehydes is 1. The first-order valence-electron chi connectivity index (χ1n) is 6.03. The second kappa shape index (κ2) is 5.06. The van der Waals surface area contributed by atoms with Gasteiger partial charge in [-0.2, -0.15) is 0 Å². The standard InChI is InChI=1S/C14H21ClO2Si/c1-10-12(15)8-7-11(9-16)13(10)17-18(5,6)14(2,3)4/h7-9H,1-6H3. The summed E-state index contributed by atoms with van der Waals surface area (Å²) in [4.78, 5) is 11.1. The first kappa shape index (κ1) is 15.3. The number of benzene rings is 1. The zero-order chi connectivity index (χ0) is 14.1. The maximum absolute atomic E-state index is 11.1. The van der Waals surface area contributed by atoms with E-state index in [2.05, 4.69) is 33.9 Å². The molecule has 0 heterocycles. The third kappa shape index (κ3) is 2.95. The van der Waals surface area contributed by atoms with Crippen LogP contribution in [0.25, 0.3) is 0 Å². The summed E-state index contributed by atoms with van der Waals surface area (Å²) in [7, 11) is -1.97. The topological polar surface area (TPSA) is 26.3 Å². The predicted octanol–water partition coefficient (Wildman–Crippen LogP) is 4.84. The van der Waals surface area contributed by atoms with E-state index in [1.807, 2.05) is 6.92 Å². The van der Waals surface area contributed by atoms with Crippen molar-refractivity contribution in [3.63, 3.8) is 0 Å². The van der Waals surface area contributed by atoms with Crippen LogP contribution in [-0.4, -0.2) is 14.6 Å². The minimum absolute atomic E-state index is 0.0852. The van der Waals surface area contributed by atoms with Gasteiger partial charge in [-0.1, -0.05) is 32.4 Å². The summed E-state index contributed by atoms with van der Waals surface area (Å²) in [6.45, 7) is 12.7. The number of hydrogen-bond acceptors (Lipinski definition) is 2. The minimum Gasteiger partial charge on any atom is -0.543 e. The molecule has 2 nitrogen and oxygen atoms in total. The Bertz CT molecular complexity index is 462. The predicted molar refractivity (Wildman–Crippen MR) is 79.4 cm³/mol.